The minimum atomic E-state index is 0.629. The molecule has 5 nitrogen and oxygen atoms in total. The van der Waals surface area contributed by atoms with Gasteiger partial charge < -0.3 is 15.2 Å². The maximum atomic E-state index is 4.61. The van der Waals surface area contributed by atoms with Gasteiger partial charge in [-0.2, -0.15) is 0 Å². The molecular formula is C25H37N5S. The SMILES string of the molecule is C=C1CN(Cc2cnc(Cc3cccc(C(C)CCC4CCCC4)c3)[nH]2)C(=C)N1.NS. The fourth-order valence-corrected chi connectivity index (χ4v) is 4.74. The molecule has 0 amide bonds. The standard InChI is InChI=1S/C25H34N4.H3NS/c1-18(11-12-21-7-4-5-8-21)23-10-6-9-22(13-23)14-25-26-15-24(28-25)17-29-16-19(2)27-20(29)3;1-2/h6,9-10,13,15,18,21,27H,2-5,7-8,11-12,14,16-17H2,1H3,(H,26,28);2H,1H2. The van der Waals surface area contributed by atoms with Gasteiger partial charge in [-0.25, -0.2) is 4.98 Å². The molecule has 6 heteroatoms. The van der Waals surface area contributed by atoms with E-state index in [4.69, 9.17) is 0 Å². The van der Waals surface area contributed by atoms with E-state index in [1.807, 2.05) is 6.20 Å². The van der Waals surface area contributed by atoms with Crippen molar-refractivity contribution in [2.45, 2.75) is 64.3 Å². The topological polar surface area (TPSA) is 70.0 Å². The van der Waals surface area contributed by atoms with Gasteiger partial charge in [0, 0.05) is 12.1 Å². The fraction of sp³-hybridized carbons (Fsp3) is 0.480. The molecule has 1 saturated heterocycles. The van der Waals surface area contributed by atoms with E-state index in [9.17, 15) is 0 Å². The molecule has 1 aromatic carbocycles. The Hall–Kier alpha value is -2.18. The molecule has 1 aromatic heterocycles. The lowest BCUT2D eigenvalue weighted by atomic mass is 9.90. The lowest BCUT2D eigenvalue weighted by Crippen LogP contribution is -2.18. The van der Waals surface area contributed by atoms with Gasteiger partial charge >= 0.3 is 0 Å². The van der Waals surface area contributed by atoms with Gasteiger partial charge in [0.25, 0.3) is 0 Å². The average Bonchev–Trinajstić information content (AvgIpc) is 3.51. The highest BCUT2D eigenvalue weighted by Gasteiger charge is 2.19. The van der Waals surface area contributed by atoms with Crippen LogP contribution in [0.5, 0.6) is 0 Å². The molecule has 0 bridgehead atoms. The van der Waals surface area contributed by atoms with Crippen LogP contribution < -0.4 is 10.5 Å². The molecule has 4 N–H and O–H groups in total. The molecule has 168 valence electrons. The summed E-state index contributed by atoms with van der Waals surface area (Å²) < 4.78 is 0. The molecular weight excluding hydrogens is 402 g/mol. The first kappa shape index (κ1) is 23.5. The van der Waals surface area contributed by atoms with Gasteiger partial charge in [0.05, 0.1) is 30.8 Å². The summed E-state index contributed by atoms with van der Waals surface area (Å²) in [6.45, 7) is 12.0. The summed E-state index contributed by atoms with van der Waals surface area (Å²) in [6, 6.07) is 9.07. The molecule has 2 aromatic rings. The van der Waals surface area contributed by atoms with Crippen LogP contribution in [0, 0.1) is 5.92 Å². The molecule has 4 rings (SSSR count). The summed E-state index contributed by atoms with van der Waals surface area (Å²) >= 11 is 3.03. The highest BCUT2D eigenvalue weighted by molar-refractivity contribution is 7.77. The molecule has 0 spiro atoms. The molecule has 0 radical (unpaired) electrons. The van der Waals surface area contributed by atoms with Crippen LogP contribution in [0.3, 0.4) is 0 Å². The zero-order chi connectivity index (χ0) is 22.2. The normalized spacial score (nSPS) is 17.5. The molecule has 2 aliphatic rings. The van der Waals surface area contributed by atoms with Gasteiger partial charge in [0.2, 0.25) is 0 Å². The van der Waals surface area contributed by atoms with Gasteiger partial charge in [-0.05, 0) is 35.8 Å². The number of hydrogen-bond acceptors (Lipinski definition) is 5. The summed E-state index contributed by atoms with van der Waals surface area (Å²) in [7, 11) is 0. The van der Waals surface area contributed by atoms with Crippen LogP contribution in [0.1, 0.15) is 74.0 Å². The molecule has 1 aliphatic heterocycles. The number of nitrogens with two attached hydrogens (primary N) is 1. The van der Waals surface area contributed by atoms with Crippen LogP contribution in [-0.2, 0) is 13.0 Å². The van der Waals surface area contributed by atoms with E-state index in [1.54, 1.807) is 0 Å². The van der Waals surface area contributed by atoms with E-state index in [2.05, 4.69) is 82.5 Å². The van der Waals surface area contributed by atoms with Crippen LogP contribution in [-0.4, -0.2) is 21.4 Å². The third kappa shape index (κ3) is 6.65. The number of nitrogens with one attached hydrogen (secondary N) is 2. The van der Waals surface area contributed by atoms with Gasteiger partial charge in [-0.3, -0.25) is 5.14 Å². The van der Waals surface area contributed by atoms with Crippen LogP contribution in [0.15, 0.2) is 55.1 Å². The van der Waals surface area contributed by atoms with Crippen LogP contribution in [0.2, 0.25) is 0 Å². The molecule has 1 aliphatic carbocycles. The van der Waals surface area contributed by atoms with Crippen molar-refractivity contribution in [2.75, 3.05) is 6.54 Å². The van der Waals surface area contributed by atoms with Crippen LogP contribution in [0.25, 0.3) is 0 Å². The minimum Gasteiger partial charge on any atom is -0.347 e. The Bertz CT molecular complexity index is 868. The monoisotopic (exact) mass is 439 g/mol. The zero-order valence-electron chi connectivity index (χ0n) is 18.7. The molecule has 1 saturated carbocycles. The van der Waals surface area contributed by atoms with Crippen LogP contribution in [0.4, 0.5) is 0 Å². The van der Waals surface area contributed by atoms with Gasteiger partial charge in [-0.1, -0.05) is 70.0 Å². The lowest BCUT2D eigenvalue weighted by molar-refractivity contribution is 0.390. The lowest BCUT2D eigenvalue weighted by Gasteiger charge is -2.16. The zero-order valence-corrected chi connectivity index (χ0v) is 19.6. The van der Waals surface area contributed by atoms with E-state index in [-0.39, 0.29) is 0 Å². The second-order valence-electron chi connectivity index (χ2n) is 8.94. The van der Waals surface area contributed by atoms with E-state index in [1.165, 1.54) is 49.7 Å². The number of rotatable bonds is 8. The minimum absolute atomic E-state index is 0.629. The van der Waals surface area contributed by atoms with Crippen LogP contribution >= 0.6 is 12.8 Å². The van der Waals surface area contributed by atoms with Crippen molar-refractivity contribution in [3.63, 3.8) is 0 Å². The largest absolute Gasteiger partial charge is 0.347 e. The van der Waals surface area contributed by atoms with Crippen molar-refractivity contribution in [2.24, 2.45) is 11.1 Å². The number of thiol groups is 1. The molecule has 2 heterocycles. The van der Waals surface area contributed by atoms with Gasteiger partial charge in [0.15, 0.2) is 0 Å². The van der Waals surface area contributed by atoms with Crippen molar-refractivity contribution in [1.82, 2.24) is 20.2 Å². The molecule has 31 heavy (non-hydrogen) atoms. The number of hydrogen-bond donors (Lipinski definition) is 4. The predicted octanol–water partition coefficient (Wildman–Crippen LogP) is 5.25. The maximum absolute atomic E-state index is 4.61. The van der Waals surface area contributed by atoms with Crippen molar-refractivity contribution >= 4 is 12.8 Å². The molecule has 2 fully saturated rings. The molecule has 1 unspecified atom stereocenters. The highest BCUT2D eigenvalue weighted by Crippen LogP contribution is 2.32. The Kier molecular flexibility index (Phi) is 8.67. The first-order valence-corrected chi connectivity index (χ1v) is 11.8. The quantitative estimate of drug-likeness (QED) is 0.424. The average molecular weight is 440 g/mol. The molecule has 1 atom stereocenters. The van der Waals surface area contributed by atoms with Crippen molar-refractivity contribution in [3.05, 3.63) is 77.8 Å². The first-order valence-electron chi connectivity index (χ1n) is 11.3. The number of aromatic nitrogens is 2. The summed E-state index contributed by atoms with van der Waals surface area (Å²) in [5.41, 5.74) is 4.90. The Balaban J connectivity index is 0.00000132. The number of imidazole rings is 1. The number of benzene rings is 1. The summed E-state index contributed by atoms with van der Waals surface area (Å²) in [5.74, 6) is 3.53. The first-order chi connectivity index (χ1) is 15.1. The maximum Gasteiger partial charge on any atom is 0.110 e. The third-order valence-corrected chi connectivity index (χ3v) is 6.50. The number of H-pyrrole nitrogens is 1. The van der Waals surface area contributed by atoms with Crippen molar-refractivity contribution in [3.8, 4) is 0 Å². The summed E-state index contributed by atoms with van der Waals surface area (Å²) in [4.78, 5) is 10.3. The fourth-order valence-electron chi connectivity index (χ4n) is 4.74. The second kappa shape index (κ2) is 11.4. The van der Waals surface area contributed by atoms with E-state index in [0.29, 0.717) is 5.92 Å². The number of aromatic amines is 1. The Labute approximate surface area is 192 Å². The van der Waals surface area contributed by atoms with Gasteiger partial charge in [0.1, 0.15) is 5.82 Å². The Morgan fingerprint density at radius 1 is 1.26 bits per heavy atom. The van der Waals surface area contributed by atoms with Crippen molar-refractivity contribution in [1.29, 1.82) is 0 Å². The summed E-state index contributed by atoms with van der Waals surface area (Å²) in [5, 5.41) is 7.38. The van der Waals surface area contributed by atoms with E-state index < -0.39 is 0 Å². The number of nitrogens with zero attached hydrogens (tertiary/aromatic N) is 2. The Morgan fingerprint density at radius 2 is 2.03 bits per heavy atom. The summed E-state index contributed by atoms with van der Waals surface area (Å²) in [6.07, 6.45) is 11.2. The van der Waals surface area contributed by atoms with Crippen molar-refractivity contribution < 1.29 is 0 Å². The van der Waals surface area contributed by atoms with E-state index in [0.717, 1.165) is 48.5 Å². The highest BCUT2D eigenvalue weighted by atomic mass is 32.1. The van der Waals surface area contributed by atoms with E-state index >= 15 is 0 Å². The van der Waals surface area contributed by atoms with Gasteiger partial charge in [-0.15, -0.1) is 12.8 Å². The third-order valence-electron chi connectivity index (χ3n) is 6.50. The Morgan fingerprint density at radius 3 is 2.74 bits per heavy atom. The smallest absolute Gasteiger partial charge is 0.110 e. The predicted molar refractivity (Wildman–Crippen MR) is 132 cm³/mol. The second-order valence-corrected chi connectivity index (χ2v) is 8.94.